The van der Waals surface area contributed by atoms with Crippen molar-refractivity contribution in [2.75, 3.05) is 13.2 Å². The number of carbonyl (C=O) groups excluding carboxylic acids is 3. The summed E-state index contributed by atoms with van der Waals surface area (Å²) in [5, 5.41) is 0. The van der Waals surface area contributed by atoms with E-state index in [0.29, 0.717) is 12.8 Å². The minimum Gasteiger partial charge on any atom is -0.462 e. The van der Waals surface area contributed by atoms with Crippen molar-refractivity contribution in [1.82, 2.24) is 0 Å². The molecule has 0 spiro atoms. The second-order valence-electron chi connectivity index (χ2n) is 23.4. The highest BCUT2D eigenvalue weighted by Gasteiger charge is 2.19. The Morgan fingerprint density at radius 1 is 0.256 bits per heavy atom. The molecule has 0 aliphatic carbocycles. The first-order valence-corrected chi connectivity index (χ1v) is 35.2. The van der Waals surface area contributed by atoms with Crippen LogP contribution in [0.5, 0.6) is 0 Å². The Morgan fingerprint density at radius 3 is 0.756 bits per heavy atom. The molecule has 0 bridgehead atoms. The average molecular weight is 1140 g/mol. The molecule has 0 amide bonds. The summed E-state index contributed by atoms with van der Waals surface area (Å²) in [4.78, 5) is 38.4. The van der Waals surface area contributed by atoms with Crippen LogP contribution in [-0.4, -0.2) is 37.2 Å². The van der Waals surface area contributed by atoms with Crippen molar-refractivity contribution in [2.45, 2.75) is 354 Å². The zero-order chi connectivity index (χ0) is 59.2. The molecule has 0 rings (SSSR count). The van der Waals surface area contributed by atoms with Gasteiger partial charge in [0.05, 0.1) is 0 Å². The van der Waals surface area contributed by atoms with Gasteiger partial charge in [0.1, 0.15) is 13.2 Å². The van der Waals surface area contributed by atoms with Crippen molar-refractivity contribution >= 4 is 17.9 Å². The first-order chi connectivity index (χ1) is 40.5. The molecule has 0 aliphatic rings. The fourth-order valence-electron chi connectivity index (χ4n) is 10.1. The molecule has 1 unspecified atom stereocenters. The second-order valence-corrected chi connectivity index (χ2v) is 23.4. The number of hydrogen-bond acceptors (Lipinski definition) is 6. The van der Waals surface area contributed by atoms with Crippen molar-refractivity contribution in [1.29, 1.82) is 0 Å². The van der Waals surface area contributed by atoms with Crippen LogP contribution in [0.4, 0.5) is 0 Å². The number of allylic oxidation sites excluding steroid dienone is 16. The molecule has 82 heavy (non-hydrogen) atoms. The minimum absolute atomic E-state index is 0.0947. The van der Waals surface area contributed by atoms with Crippen LogP contribution in [-0.2, 0) is 28.6 Å². The molecule has 0 N–H and O–H groups in total. The number of ether oxygens (including phenoxy) is 3. The van der Waals surface area contributed by atoms with Crippen LogP contribution >= 0.6 is 0 Å². The van der Waals surface area contributed by atoms with Gasteiger partial charge in [-0.15, -0.1) is 0 Å². The normalized spacial score (nSPS) is 12.7. The van der Waals surface area contributed by atoms with Crippen LogP contribution in [0.3, 0.4) is 0 Å². The number of esters is 3. The SMILES string of the molecule is CC/C=C\C/C=C\C/C=C\C/C=C\C/C=C\CCCCCC(=O)OC(COC(=O)CCCCCCC/C=C\C/C=C\C/C=C\CC)COC(=O)CCCCCCCCCCCCCCCCCCCCCCCCCCCCCCCC. The van der Waals surface area contributed by atoms with Gasteiger partial charge >= 0.3 is 17.9 Å². The van der Waals surface area contributed by atoms with E-state index in [9.17, 15) is 14.4 Å². The Labute approximate surface area is 508 Å². The predicted molar refractivity (Wildman–Crippen MR) is 357 cm³/mol. The van der Waals surface area contributed by atoms with Crippen molar-refractivity contribution in [3.8, 4) is 0 Å². The summed E-state index contributed by atoms with van der Waals surface area (Å²) in [5.41, 5.74) is 0. The molecule has 0 aromatic carbocycles. The maximum absolute atomic E-state index is 12.9. The largest absolute Gasteiger partial charge is 0.462 e. The van der Waals surface area contributed by atoms with Gasteiger partial charge in [-0.2, -0.15) is 0 Å². The lowest BCUT2D eigenvalue weighted by Gasteiger charge is -2.18. The molecule has 0 radical (unpaired) electrons. The summed E-state index contributed by atoms with van der Waals surface area (Å²) in [5.74, 6) is -0.931. The lowest BCUT2D eigenvalue weighted by atomic mass is 10.0. The summed E-state index contributed by atoms with van der Waals surface area (Å²) in [6.07, 6.45) is 94.5. The Bertz CT molecular complexity index is 1590. The smallest absolute Gasteiger partial charge is 0.306 e. The third-order valence-corrected chi connectivity index (χ3v) is 15.3. The van der Waals surface area contributed by atoms with Gasteiger partial charge in [0.25, 0.3) is 0 Å². The van der Waals surface area contributed by atoms with Crippen molar-refractivity contribution in [2.24, 2.45) is 0 Å². The summed E-state index contributed by atoms with van der Waals surface area (Å²) in [6.45, 7) is 6.42. The first-order valence-electron chi connectivity index (χ1n) is 35.2. The van der Waals surface area contributed by atoms with Gasteiger partial charge in [0.2, 0.25) is 0 Å². The Hall–Kier alpha value is -3.67. The van der Waals surface area contributed by atoms with E-state index in [1.54, 1.807) is 0 Å². The topological polar surface area (TPSA) is 78.9 Å². The first kappa shape index (κ1) is 78.3. The van der Waals surface area contributed by atoms with Gasteiger partial charge in [-0.25, -0.2) is 0 Å². The molecule has 0 aromatic rings. The van der Waals surface area contributed by atoms with Crippen LogP contribution < -0.4 is 0 Å². The zero-order valence-corrected chi connectivity index (χ0v) is 54.2. The van der Waals surface area contributed by atoms with E-state index in [1.807, 2.05) is 0 Å². The van der Waals surface area contributed by atoms with E-state index in [1.165, 1.54) is 173 Å². The maximum atomic E-state index is 12.9. The second kappa shape index (κ2) is 69.8. The number of hydrogen-bond donors (Lipinski definition) is 0. The number of rotatable bonds is 64. The van der Waals surface area contributed by atoms with Crippen LogP contribution in [0, 0.1) is 0 Å². The van der Waals surface area contributed by atoms with Gasteiger partial charge in [-0.1, -0.05) is 330 Å². The average Bonchev–Trinajstić information content (AvgIpc) is 3.47. The highest BCUT2D eigenvalue weighted by molar-refractivity contribution is 5.71. The van der Waals surface area contributed by atoms with E-state index in [0.717, 1.165) is 135 Å². The fraction of sp³-hybridized carbons (Fsp3) is 0.750. The molecule has 0 aromatic heterocycles. The molecular formula is C76H132O6. The van der Waals surface area contributed by atoms with Crippen LogP contribution in [0.1, 0.15) is 348 Å². The fourth-order valence-corrected chi connectivity index (χ4v) is 10.1. The summed E-state index contributed by atoms with van der Waals surface area (Å²) < 4.78 is 16.9. The molecule has 0 aliphatic heterocycles. The minimum atomic E-state index is -0.804. The van der Waals surface area contributed by atoms with E-state index in [2.05, 4.69) is 118 Å². The number of unbranched alkanes of at least 4 members (excludes halogenated alkanes) is 37. The zero-order valence-electron chi connectivity index (χ0n) is 54.2. The van der Waals surface area contributed by atoms with E-state index >= 15 is 0 Å². The molecular weight excluding hydrogens is 1010 g/mol. The van der Waals surface area contributed by atoms with Crippen molar-refractivity contribution in [3.05, 3.63) is 97.2 Å². The summed E-state index contributed by atoms with van der Waals surface area (Å²) in [6, 6.07) is 0. The summed E-state index contributed by atoms with van der Waals surface area (Å²) >= 11 is 0. The molecule has 472 valence electrons. The quantitative estimate of drug-likeness (QED) is 0.0261. The van der Waals surface area contributed by atoms with Gasteiger partial charge in [-0.3, -0.25) is 14.4 Å². The van der Waals surface area contributed by atoms with Gasteiger partial charge in [-0.05, 0) is 96.3 Å². The molecule has 0 saturated heterocycles. The van der Waals surface area contributed by atoms with Crippen LogP contribution in [0.2, 0.25) is 0 Å². The lowest BCUT2D eigenvalue weighted by Crippen LogP contribution is -2.30. The van der Waals surface area contributed by atoms with Crippen molar-refractivity contribution in [3.63, 3.8) is 0 Å². The highest BCUT2D eigenvalue weighted by Crippen LogP contribution is 2.18. The molecule has 0 heterocycles. The monoisotopic (exact) mass is 1140 g/mol. The Kier molecular flexibility index (Phi) is 66.7. The number of carbonyl (C=O) groups is 3. The van der Waals surface area contributed by atoms with E-state index in [-0.39, 0.29) is 37.5 Å². The molecule has 1 atom stereocenters. The summed E-state index contributed by atoms with van der Waals surface area (Å²) in [7, 11) is 0. The maximum Gasteiger partial charge on any atom is 0.306 e. The van der Waals surface area contributed by atoms with Gasteiger partial charge < -0.3 is 14.2 Å². The standard InChI is InChI=1S/C76H132O6/c1-4-7-10-13-16-19-22-25-28-30-32-33-34-35-36-37-38-39-40-41-42-44-45-48-51-54-57-60-63-66-69-75(78)81-72-73(71-80-74(77)68-65-62-59-56-53-50-47-27-24-21-18-15-12-9-6-3)82-76(79)70-67-64-61-58-55-52-49-46-43-31-29-26-23-20-17-14-11-8-5-2/h8-9,11-12,17-18,20-21,26-27,29,43,46-47,52,55,73H,4-7,10,13-16,19,22-25,28,30-42,44-45,48-51,53-54,56-72H2,1-3H3/b11-8-,12-9-,20-17-,21-18-,29-26-,46-43-,47-27-,55-52-. The van der Waals surface area contributed by atoms with Crippen molar-refractivity contribution < 1.29 is 28.6 Å². The molecule has 6 heteroatoms. The lowest BCUT2D eigenvalue weighted by molar-refractivity contribution is -0.167. The molecule has 0 saturated carbocycles. The van der Waals surface area contributed by atoms with Gasteiger partial charge in [0.15, 0.2) is 6.10 Å². The molecule has 6 nitrogen and oxygen atoms in total. The van der Waals surface area contributed by atoms with E-state index in [4.69, 9.17) is 14.2 Å². The third kappa shape index (κ3) is 67.1. The van der Waals surface area contributed by atoms with E-state index < -0.39 is 6.10 Å². The third-order valence-electron chi connectivity index (χ3n) is 15.3. The van der Waals surface area contributed by atoms with Crippen LogP contribution in [0.15, 0.2) is 97.2 Å². The van der Waals surface area contributed by atoms with Gasteiger partial charge in [0, 0.05) is 19.3 Å². The highest BCUT2D eigenvalue weighted by atomic mass is 16.6. The Morgan fingerprint density at radius 2 is 0.476 bits per heavy atom. The Balaban J connectivity index is 4.27. The van der Waals surface area contributed by atoms with Crippen LogP contribution in [0.25, 0.3) is 0 Å². The predicted octanol–water partition coefficient (Wildman–Crippen LogP) is 24.4. The molecule has 0 fully saturated rings.